The first kappa shape index (κ1) is 12.4. The zero-order chi connectivity index (χ0) is 12.1. The highest BCUT2D eigenvalue weighted by molar-refractivity contribution is 5.54. The molecule has 0 aromatic heterocycles. The second-order valence-electron chi connectivity index (χ2n) is 4.51. The summed E-state index contributed by atoms with van der Waals surface area (Å²) in [5.74, 6) is 0. The molecule has 1 aromatic rings. The number of morpholine rings is 1. The molecular formula is C14H22N2O. The van der Waals surface area contributed by atoms with Crippen molar-refractivity contribution in [2.45, 2.75) is 25.9 Å². The molecule has 1 fully saturated rings. The van der Waals surface area contributed by atoms with Crippen molar-refractivity contribution in [3.63, 3.8) is 0 Å². The molecule has 2 N–H and O–H groups in total. The lowest BCUT2D eigenvalue weighted by Gasteiger charge is -2.35. The first-order valence-electron chi connectivity index (χ1n) is 6.49. The molecule has 1 aliphatic rings. The van der Waals surface area contributed by atoms with Crippen molar-refractivity contribution in [1.82, 2.24) is 0 Å². The Kier molecular flexibility index (Phi) is 4.40. The van der Waals surface area contributed by atoms with Crippen LogP contribution in [0.5, 0.6) is 0 Å². The maximum absolute atomic E-state index is 5.71. The van der Waals surface area contributed by atoms with Gasteiger partial charge in [0.2, 0.25) is 0 Å². The van der Waals surface area contributed by atoms with Crippen LogP contribution in [0.1, 0.15) is 18.9 Å². The topological polar surface area (TPSA) is 38.5 Å². The zero-order valence-electron chi connectivity index (χ0n) is 10.6. The fraction of sp³-hybridized carbons (Fsp3) is 0.571. The lowest BCUT2D eigenvalue weighted by Crippen LogP contribution is -2.42. The number of anilines is 1. The molecule has 1 unspecified atom stereocenters. The predicted octanol–water partition coefficient (Wildman–Crippen LogP) is 1.80. The summed E-state index contributed by atoms with van der Waals surface area (Å²) in [7, 11) is 0. The summed E-state index contributed by atoms with van der Waals surface area (Å²) < 4.78 is 5.71. The minimum Gasteiger partial charge on any atom is -0.375 e. The van der Waals surface area contributed by atoms with Crippen molar-refractivity contribution >= 4 is 5.69 Å². The summed E-state index contributed by atoms with van der Waals surface area (Å²) in [5.41, 5.74) is 8.36. The lowest BCUT2D eigenvalue weighted by molar-refractivity contribution is 0.0384. The van der Waals surface area contributed by atoms with Gasteiger partial charge in [-0.15, -0.1) is 0 Å². The van der Waals surface area contributed by atoms with E-state index in [-0.39, 0.29) is 0 Å². The summed E-state index contributed by atoms with van der Waals surface area (Å²) in [4.78, 5) is 2.43. The Morgan fingerprint density at radius 3 is 3.00 bits per heavy atom. The van der Waals surface area contributed by atoms with E-state index in [4.69, 9.17) is 10.5 Å². The van der Waals surface area contributed by atoms with Gasteiger partial charge in [-0.2, -0.15) is 0 Å². The van der Waals surface area contributed by atoms with E-state index in [1.54, 1.807) is 0 Å². The molecule has 1 saturated heterocycles. The summed E-state index contributed by atoms with van der Waals surface area (Å²) in [6.07, 6.45) is 2.40. The van der Waals surface area contributed by atoms with Crippen LogP contribution >= 0.6 is 0 Å². The van der Waals surface area contributed by atoms with Crippen LogP contribution in [0.3, 0.4) is 0 Å². The molecule has 0 aliphatic carbocycles. The second kappa shape index (κ2) is 6.03. The summed E-state index contributed by atoms with van der Waals surface area (Å²) in [6.45, 7) is 5.70. The molecule has 0 spiro atoms. The highest BCUT2D eigenvalue weighted by Crippen LogP contribution is 2.23. The Balaban J connectivity index is 2.15. The first-order valence-corrected chi connectivity index (χ1v) is 6.49. The molecule has 1 aromatic carbocycles. The van der Waals surface area contributed by atoms with Crippen LogP contribution in [0.25, 0.3) is 0 Å². The largest absolute Gasteiger partial charge is 0.375 e. The van der Waals surface area contributed by atoms with E-state index in [1.807, 2.05) is 0 Å². The standard InChI is InChI=1S/C14H22N2O/c1-2-13-11-16(9-10-17-13)14-6-4-3-5-12(14)7-8-15/h3-6,13H,2,7-11,15H2,1H3. The Bertz CT molecular complexity index is 354. The van der Waals surface area contributed by atoms with Gasteiger partial charge in [-0.05, 0) is 31.0 Å². The maximum atomic E-state index is 5.71. The Morgan fingerprint density at radius 1 is 1.41 bits per heavy atom. The van der Waals surface area contributed by atoms with E-state index >= 15 is 0 Å². The third-order valence-corrected chi connectivity index (χ3v) is 3.34. The third kappa shape index (κ3) is 2.99. The van der Waals surface area contributed by atoms with Crippen LogP contribution in [0.4, 0.5) is 5.69 Å². The fourth-order valence-corrected chi connectivity index (χ4v) is 2.37. The molecule has 2 rings (SSSR count). The molecule has 1 aliphatic heterocycles. The van der Waals surface area contributed by atoms with Gasteiger partial charge in [0, 0.05) is 18.8 Å². The lowest BCUT2D eigenvalue weighted by atomic mass is 10.1. The van der Waals surface area contributed by atoms with E-state index < -0.39 is 0 Å². The molecule has 0 bridgehead atoms. The quantitative estimate of drug-likeness (QED) is 0.863. The van der Waals surface area contributed by atoms with E-state index in [0.29, 0.717) is 12.6 Å². The molecule has 3 nitrogen and oxygen atoms in total. The number of nitrogens with two attached hydrogens (primary N) is 1. The molecule has 17 heavy (non-hydrogen) atoms. The maximum Gasteiger partial charge on any atom is 0.0748 e. The van der Waals surface area contributed by atoms with Crippen molar-refractivity contribution in [1.29, 1.82) is 0 Å². The fourth-order valence-electron chi connectivity index (χ4n) is 2.37. The summed E-state index contributed by atoms with van der Waals surface area (Å²) in [5, 5.41) is 0. The van der Waals surface area contributed by atoms with Crippen LogP contribution in [0.2, 0.25) is 0 Å². The summed E-state index contributed by atoms with van der Waals surface area (Å²) >= 11 is 0. The van der Waals surface area contributed by atoms with Crippen LogP contribution in [-0.2, 0) is 11.2 Å². The number of hydrogen-bond acceptors (Lipinski definition) is 3. The van der Waals surface area contributed by atoms with Crippen molar-refractivity contribution in [3.05, 3.63) is 29.8 Å². The van der Waals surface area contributed by atoms with Crippen LogP contribution in [0.15, 0.2) is 24.3 Å². The number of rotatable bonds is 4. The van der Waals surface area contributed by atoms with Gasteiger partial charge in [0.25, 0.3) is 0 Å². The molecule has 0 radical (unpaired) electrons. The van der Waals surface area contributed by atoms with Crippen LogP contribution < -0.4 is 10.6 Å². The third-order valence-electron chi connectivity index (χ3n) is 3.34. The van der Waals surface area contributed by atoms with E-state index in [2.05, 4.69) is 36.1 Å². The van der Waals surface area contributed by atoms with Crippen molar-refractivity contribution in [3.8, 4) is 0 Å². The number of ether oxygens (including phenoxy) is 1. The SMILES string of the molecule is CCC1CN(c2ccccc2CCN)CCO1. The minimum atomic E-state index is 0.370. The molecule has 0 saturated carbocycles. The Labute approximate surface area is 104 Å². The predicted molar refractivity (Wildman–Crippen MR) is 71.4 cm³/mol. The number of hydrogen-bond donors (Lipinski definition) is 1. The molecule has 94 valence electrons. The van der Waals surface area contributed by atoms with Gasteiger partial charge in [-0.1, -0.05) is 25.1 Å². The van der Waals surface area contributed by atoms with Crippen molar-refractivity contribution < 1.29 is 4.74 Å². The minimum absolute atomic E-state index is 0.370. The highest BCUT2D eigenvalue weighted by Gasteiger charge is 2.20. The van der Waals surface area contributed by atoms with E-state index in [1.165, 1.54) is 11.3 Å². The van der Waals surface area contributed by atoms with Crippen molar-refractivity contribution in [2.75, 3.05) is 31.1 Å². The van der Waals surface area contributed by atoms with Gasteiger partial charge in [-0.3, -0.25) is 0 Å². The molecule has 0 amide bonds. The van der Waals surface area contributed by atoms with Gasteiger partial charge in [-0.25, -0.2) is 0 Å². The summed E-state index contributed by atoms with van der Waals surface area (Å²) in [6, 6.07) is 8.57. The van der Waals surface area contributed by atoms with Crippen molar-refractivity contribution in [2.24, 2.45) is 5.73 Å². The number of nitrogens with zero attached hydrogens (tertiary/aromatic N) is 1. The normalized spacial score (nSPS) is 20.6. The highest BCUT2D eigenvalue weighted by atomic mass is 16.5. The van der Waals surface area contributed by atoms with Gasteiger partial charge in [0.05, 0.1) is 12.7 Å². The Hall–Kier alpha value is -1.06. The monoisotopic (exact) mass is 234 g/mol. The smallest absolute Gasteiger partial charge is 0.0748 e. The second-order valence-corrected chi connectivity index (χ2v) is 4.51. The number of benzene rings is 1. The van der Waals surface area contributed by atoms with Gasteiger partial charge < -0.3 is 15.4 Å². The number of para-hydroxylation sites is 1. The zero-order valence-corrected chi connectivity index (χ0v) is 10.6. The average Bonchev–Trinajstić information content (AvgIpc) is 2.40. The average molecular weight is 234 g/mol. The van der Waals surface area contributed by atoms with Crippen LogP contribution in [-0.4, -0.2) is 32.3 Å². The molecular weight excluding hydrogens is 212 g/mol. The van der Waals surface area contributed by atoms with Gasteiger partial charge >= 0.3 is 0 Å². The molecule has 1 heterocycles. The first-order chi connectivity index (χ1) is 8.35. The Morgan fingerprint density at radius 2 is 2.24 bits per heavy atom. The molecule has 1 atom stereocenters. The van der Waals surface area contributed by atoms with E-state index in [0.717, 1.165) is 32.5 Å². The van der Waals surface area contributed by atoms with Crippen LogP contribution in [0, 0.1) is 0 Å². The van der Waals surface area contributed by atoms with Gasteiger partial charge in [0.1, 0.15) is 0 Å². The van der Waals surface area contributed by atoms with Gasteiger partial charge in [0.15, 0.2) is 0 Å². The van der Waals surface area contributed by atoms with E-state index in [9.17, 15) is 0 Å². The molecule has 3 heteroatoms.